The van der Waals surface area contributed by atoms with Crippen LogP contribution in [-0.4, -0.2) is 37.2 Å². The Labute approximate surface area is 165 Å². The number of methoxy groups -OCH3 is 1. The lowest BCUT2D eigenvalue weighted by Gasteiger charge is -2.12. The Hall–Kier alpha value is -3.63. The number of esters is 1. The van der Waals surface area contributed by atoms with E-state index in [2.05, 4.69) is 15.4 Å². The van der Waals surface area contributed by atoms with Gasteiger partial charge in [-0.15, -0.1) is 0 Å². The van der Waals surface area contributed by atoms with Gasteiger partial charge in [-0.1, -0.05) is 12.1 Å². The number of benzene rings is 3. The number of hydrogen-bond donors (Lipinski definition) is 4. The van der Waals surface area contributed by atoms with E-state index in [9.17, 15) is 27.7 Å². The van der Waals surface area contributed by atoms with E-state index in [1.165, 1.54) is 43.5 Å². The van der Waals surface area contributed by atoms with Crippen LogP contribution in [0.2, 0.25) is 0 Å². The van der Waals surface area contributed by atoms with E-state index in [0.29, 0.717) is 5.39 Å². The molecule has 4 N–H and O–H groups in total. The van der Waals surface area contributed by atoms with Crippen molar-refractivity contribution < 1.29 is 32.4 Å². The maximum atomic E-state index is 12.3. The number of para-hydroxylation sites is 1. The first-order valence-corrected chi connectivity index (χ1v) is 9.62. The second-order valence-corrected chi connectivity index (χ2v) is 7.39. The number of hydrogen-bond acceptors (Lipinski definition) is 6. The molecule has 0 atom stereocenters. The van der Waals surface area contributed by atoms with Gasteiger partial charge in [0.1, 0.15) is 5.75 Å². The second-order valence-electron chi connectivity index (χ2n) is 5.97. The zero-order valence-electron chi connectivity index (χ0n) is 15.0. The summed E-state index contributed by atoms with van der Waals surface area (Å²) < 4.78 is 36.5. The van der Waals surface area contributed by atoms with E-state index in [4.69, 9.17) is 0 Å². The van der Waals surface area contributed by atoms with Crippen LogP contribution in [0.1, 0.15) is 10.4 Å². The minimum atomic E-state index is -4.51. The van der Waals surface area contributed by atoms with Crippen LogP contribution in [0.15, 0.2) is 59.5 Å². The van der Waals surface area contributed by atoms with Crippen LogP contribution in [0.5, 0.6) is 5.75 Å². The summed E-state index contributed by atoms with van der Waals surface area (Å²) in [5.74, 6) is -0.946. The van der Waals surface area contributed by atoms with Gasteiger partial charge in [0.05, 0.1) is 23.3 Å². The Bertz CT molecular complexity index is 1220. The van der Waals surface area contributed by atoms with Gasteiger partial charge in [-0.05, 0) is 41.8 Å². The van der Waals surface area contributed by atoms with Crippen LogP contribution in [0, 0.1) is 0 Å². The fourth-order valence-corrected chi connectivity index (χ4v) is 3.25. The monoisotopic (exact) mass is 416 g/mol. The second kappa shape index (κ2) is 7.78. The van der Waals surface area contributed by atoms with E-state index >= 15 is 0 Å². The molecule has 0 heterocycles. The summed E-state index contributed by atoms with van der Waals surface area (Å²) in [6, 6.07) is 12.1. The average Bonchev–Trinajstić information content (AvgIpc) is 2.66. The van der Waals surface area contributed by atoms with Crippen molar-refractivity contribution in [3.05, 3.63) is 60.2 Å². The highest BCUT2D eigenvalue weighted by atomic mass is 32.2. The fourth-order valence-electron chi connectivity index (χ4n) is 2.71. The van der Waals surface area contributed by atoms with E-state index in [0.717, 1.165) is 6.07 Å². The topological polar surface area (TPSA) is 142 Å². The fraction of sp³-hybridized carbons (Fsp3) is 0.0526. The van der Waals surface area contributed by atoms with Gasteiger partial charge >= 0.3 is 12.0 Å². The molecule has 0 spiro atoms. The third-order valence-corrected chi connectivity index (χ3v) is 4.87. The first-order valence-electron chi connectivity index (χ1n) is 8.18. The summed E-state index contributed by atoms with van der Waals surface area (Å²) in [6.07, 6.45) is 0. The van der Waals surface area contributed by atoms with Gasteiger partial charge in [0.25, 0.3) is 10.1 Å². The van der Waals surface area contributed by atoms with Crippen LogP contribution in [-0.2, 0) is 14.9 Å². The zero-order chi connectivity index (χ0) is 21.2. The highest BCUT2D eigenvalue weighted by Crippen LogP contribution is 2.30. The first-order chi connectivity index (χ1) is 13.7. The number of carbonyl (C=O) groups is 2. The van der Waals surface area contributed by atoms with Crippen molar-refractivity contribution in [2.45, 2.75) is 4.90 Å². The lowest BCUT2D eigenvalue weighted by molar-refractivity contribution is 0.0602. The Balaban J connectivity index is 1.87. The van der Waals surface area contributed by atoms with Gasteiger partial charge in [0, 0.05) is 17.1 Å². The van der Waals surface area contributed by atoms with Crippen LogP contribution in [0.4, 0.5) is 16.2 Å². The lowest BCUT2D eigenvalue weighted by atomic mass is 10.1. The highest BCUT2D eigenvalue weighted by Gasteiger charge is 2.15. The van der Waals surface area contributed by atoms with E-state index in [1.54, 1.807) is 12.1 Å². The summed E-state index contributed by atoms with van der Waals surface area (Å²) in [4.78, 5) is 23.6. The van der Waals surface area contributed by atoms with Gasteiger partial charge in [0.2, 0.25) is 0 Å². The number of aromatic hydroxyl groups is 1. The van der Waals surface area contributed by atoms with Crippen molar-refractivity contribution in [2.24, 2.45) is 0 Å². The largest absolute Gasteiger partial charge is 0.507 e. The number of amides is 2. The van der Waals surface area contributed by atoms with Crippen molar-refractivity contribution in [3.8, 4) is 5.75 Å². The number of urea groups is 1. The molecule has 150 valence electrons. The van der Waals surface area contributed by atoms with Crippen LogP contribution in [0.3, 0.4) is 0 Å². The molecule has 3 rings (SSSR count). The number of anilines is 2. The Morgan fingerprint density at radius 3 is 2.41 bits per heavy atom. The number of phenolic OH excluding ortho intramolecular Hbond substituents is 1. The molecule has 10 heteroatoms. The molecule has 3 aromatic rings. The van der Waals surface area contributed by atoms with Gasteiger partial charge in [-0.3, -0.25) is 4.55 Å². The van der Waals surface area contributed by atoms with Crippen molar-refractivity contribution >= 4 is 44.3 Å². The molecule has 2 amide bonds. The van der Waals surface area contributed by atoms with E-state index in [1.807, 2.05) is 0 Å². The highest BCUT2D eigenvalue weighted by molar-refractivity contribution is 7.85. The smallest absolute Gasteiger partial charge is 0.339 e. The summed E-state index contributed by atoms with van der Waals surface area (Å²) in [7, 11) is -3.29. The predicted octanol–water partition coefficient (Wildman–Crippen LogP) is 3.22. The molecular formula is C19H16N2O7S. The molecule has 0 aliphatic heterocycles. The quantitative estimate of drug-likeness (QED) is 0.378. The summed E-state index contributed by atoms with van der Waals surface area (Å²) in [5.41, 5.74) is 0.702. The molecule has 0 aliphatic rings. The van der Waals surface area contributed by atoms with Gasteiger partial charge in [-0.2, -0.15) is 8.42 Å². The summed E-state index contributed by atoms with van der Waals surface area (Å²) in [5, 5.41) is 15.7. The number of ether oxygens (including phenoxy) is 1. The third-order valence-electron chi connectivity index (χ3n) is 4.04. The molecule has 0 saturated carbocycles. The molecule has 0 radical (unpaired) electrons. The van der Waals surface area contributed by atoms with E-state index in [-0.39, 0.29) is 28.1 Å². The van der Waals surface area contributed by atoms with Crippen molar-refractivity contribution in [3.63, 3.8) is 0 Å². The molecule has 0 aromatic heterocycles. The number of nitrogens with one attached hydrogen (secondary N) is 2. The molecular weight excluding hydrogens is 400 g/mol. The number of rotatable bonds is 4. The maximum Gasteiger partial charge on any atom is 0.339 e. The van der Waals surface area contributed by atoms with Crippen LogP contribution >= 0.6 is 0 Å². The summed E-state index contributed by atoms with van der Waals surface area (Å²) >= 11 is 0. The Morgan fingerprint density at radius 2 is 1.72 bits per heavy atom. The average molecular weight is 416 g/mol. The van der Waals surface area contributed by atoms with Crippen LogP contribution < -0.4 is 10.6 Å². The van der Waals surface area contributed by atoms with Crippen LogP contribution in [0.25, 0.3) is 10.8 Å². The minimum absolute atomic E-state index is 0.173. The van der Waals surface area contributed by atoms with Crippen molar-refractivity contribution in [2.75, 3.05) is 17.7 Å². The van der Waals surface area contributed by atoms with Gasteiger partial charge < -0.3 is 20.5 Å². The molecule has 29 heavy (non-hydrogen) atoms. The Morgan fingerprint density at radius 1 is 1.00 bits per heavy atom. The molecule has 3 aromatic carbocycles. The SMILES string of the molecule is COC(=O)c1ccccc1NC(=O)Nc1ccc2c(O)cc(S(=O)(=O)O)cc2c1. The minimum Gasteiger partial charge on any atom is -0.507 e. The molecule has 0 aliphatic carbocycles. The summed E-state index contributed by atoms with van der Waals surface area (Å²) in [6.45, 7) is 0. The van der Waals surface area contributed by atoms with Crippen molar-refractivity contribution in [1.82, 2.24) is 0 Å². The molecule has 9 nitrogen and oxygen atoms in total. The number of fused-ring (bicyclic) bond motifs is 1. The Kier molecular flexibility index (Phi) is 5.39. The lowest BCUT2D eigenvalue weighted by Crippen LogP contribution is -2.21. The third kappa shape index (κ3) is 4.45. The molecule has 0 unspecified atom stereocenters. The van der Waals surface area contributed by atoms with Gasteiger partial charge in [-0.25, -0.2) is 9.59 Å². The number of carbonyl (C=O) groups excluding carboxylic acids is 2. The maximum absolute atomic E-state index is 12.3. The molecule has 0 fully saturated rings. The van der Waals surface area contributed by atoms with Crippen molar-refractivity contribution in [1.29, 1.82) is 0 Å². The number of phenols is 1. The predicted molar refractivity (Wildman–Crippen MR) is 106 cm³/mol. The zero-order valence-corrected chi connectivity index (χ0v) is 15.9. The first kappa shape index (κ1) is 20.1. The standard InChI is InChI=1S/C19H16N2O7S/c1-28-18(23)15-4-2-3-5-16(15)21-19(24)20-12-6-7-14-11(8-12)9-13(10-17(14)22)29(25,26)27/h2-10,22H,1H3,(H2,20,21,24)(H,25,26,27). The van der Waals surface area contributed by atoms with E-state index < -0.39 is 27.0 Å². The molecule has 0 saturated heterocycles. The van der Waals surface area contributed by atoms with Gasteiger partial charge in [0.15, 0.2) is 0 Å². The molecule has 0 bridgehead atoms. The normalized spacial score (nSPS) is 11.1.